The van der Waals surface area contributed by atoms with Crippen LogP contribution >= 0.6 is 0 Å². The third-order valence-corrected chi connectivity index (χ3v) is 3.10. The number of rotatable bonds is 7. The van der Waals surface area contributed by atoms with Crippen molar-refractivity contribution in [3.8, 4) is 5.75 Å². The monoisotopic (exact) mass is 271 g/mol. The molecule has 0 spiro atoms. The first-order chi connectivity index (χ1) is 9.81. The van der Waals surface area contributed by atoms with Crippen LogP contribution in [0, 0.1) is 0 Å². The smallest absolute Gasteiger partial charge is 0.119 e. The number of aliphatic hydroxyl groups excluding tert-OH is 1. The van der Waals surface area contributed by atoms with Crippen LogP contribution in [0.5, 0.6) is 5.75 Å². The largest absolute Gasteiger partial charge is 0.494 e. The van der Waals surface area contributed by atoms with Crippen molar-refractivity contribution in [2.45, 2.75) is 26.6 Å². The summed E-state index contributed by atoms with van der Waals surface area (Å²) in [5, 5.41) is 12.4. The van der Waals surface area contributed by atoms with Crippen LogP contribution in [0.4, 0.5) is 0 Å². The van der Waals surface area contributed by atoms with Gasteiger partial charge in [-0.15, -0.1) is 0 Å². The quantitative estimate of drug-likeness (QED) is 0.813. The van der Waals surface area contributed by atoms with Crippen molar-refractivity contribution in [2.24, 2.45) is 0 Å². The Bertz CT molecular complexity index is 506. The second-order valence-electron chi connectivity index (χ2n) is 4.66. The van der Waals surface area contributed by atoms with Gasteiger partial charge in [0.1, 0.15) is 5.75 Å². The Morgan fingerprint density at radius 1 is 0.850 bits per heavy atom. The van der Waals surface area contributed by atoms with Gasteiger partial charge in [0, 0.05) is 13.1 Å². The fraction of sp³-hybridized carbons (Fsp3) is 0.294. The molecule has 2 aromatic carbocycles. The number of ether oxygens (including phenoxy) is 1. The zero-order valence-electron chi connectivity index (χ0n) is 11.8. The van der Waals surface area contributed by atoms with Gasteiger partial charge in [0.25, 0.3) is 0 Å². The molecule has 106 valence electrons. The van der Waals surface area contributed by atoms with Gasteiger partial charge in [-0.1, -0.05) is 36.4 Å². The zero-order chi connectivity index (χ0) is 14.2. The maximum Gasteiger partial charge on any atom is 0.119 e. The SMILES string of the molecule is CCOc1ccc(CNCc2ccc(CO)cc2)cc1. The third kappa shape index (κ3) is 4.37. The minimum Gasteiger partial charge on any atom is -0.494 e. The van der Waals surface area contributed by atoms with Gasteiger partial charge in [-0.25, -0.2) is 0 Å². The highest BCUT2D eigenvalue weighted by Crippen LogP contribution is 2.12. The lowest BCUT2D eigenvalue weighted by molar-refractivity contribution is 0.282. The van der Waals surface area contributed by atoms with Gasteiger partial charge >= 0.3 is 0 Å². The van der Waals surface area contributed by atoms with E-state index in [0.29, 0.717) is 6.61 Å². The molecule has 3 heteroatoms. The van der Waals surface area contributed by atoms with E-state index in [1.807, 2.05) is 43.3 Å². The Balaban J connectivity index is 1.79. The predicted octanol–water partition coefficient (Wildman–Crippen LogP) is 2.87. The van der Waals surface area contributed by atoms with Gasteiger partial charge in [-0.2, -0.15) is 0 Å². The van der Waals surface area contributed by atoms with Crippen LogP contribution in [0.1, 0.15) is 23.6 Å². The molecule has 0 bridgehead atoms. The highest BCUT2D eigenvalue weighted by atomic mass is 16.5. The lowest BCUT2D eigenvalue weighted by Gasteiger charge is -2.07. The normalized spacial score (nSPS) is 10.5. The van der Waals surface area contributed by atoms with Gasteiger partial charge in [-0.05, 0) is 35.7 Å². The van der Waals surface area contributed by atoms with Crippen LogP contribution in [0.15, 0.2) is 48.5 Å². The summed E-state index contributed by atoms with van der Waals surface area (Å²) >= 11 is 0. The highest BCUT2D eigenvalue weighted by molar-refractivity contribution is 5.27. The summed E-state index contributed by atoms with van der Waals surface area (Å²) in [6, 6.07) is 16.1. The molecule has 0 heterocycles. The van der Waals surface area contributed by atoms with Crippen molar-refractivity contribution < 1.29 is 9.84 Å². The Labute approximate surface area is 120 Å². The average Bonchev–Trinajstić information content (AvgIpc) is 2.50. The first-order valence-electron chi connectivity index (χ1n) is 6.93. The Kier molecular flexibility index (Phi) is 5.59. The second-order valence-corrected chi connectivity index (χ2v) is 4.66. The lowest BCUT2D eigenvalue weighted by atomic mass is 10.1. The minimum absolute atomic E-state index is 0.0971. The molecule has 0 amide bonds. The fourth-order valence-electron chi connectivity index (χ4n) is 1.98. The molecule has 0 aromatic heterocycles. The summed E-state index contributed by atoms with van der Waals surface area (Å²) in [6.45, 7) is 4.42. The van der Waals surface area contributed by atoms with E-state index in [9.17, 15) is 0 Å². The van der Waals surface area contributed by atoms with Gasteiger partial charge in [0.05, 0.1) is 13.2 Å². The molecule has 0 aliphatic rings. The first-order valence-corrected chi connectivity index (χ1v) is 6.93. The van der Waals surface area contributed by atoms with Crippen molar-refractivity contribution in [2.75, 3.05) is 6.61 Å². The molecule has 2 N–H and O–H groups in total. The zero-order valence-corrected chi connectivity index (χ0v) is 11.8. The molecule has 0 unspecified atom stereocenters. The number of hydrogen-bond acceptors (Lipinski definition) is 3. The minimum atomic E-state index is 0.0971. The van der Waals surface area contributed by atoms with E-state index >= 15 is 0 Å². The molecule has 0 radical (unpaired) electrons. The molecule has 0 saturated heterocycles. The number of benzene rings is 2. The molecule has 0 atom stereocenters. The van der Waals surface area contributed by atoms with Gasteiger partial charge in [0.2, 0.25) is 0 Å². The Hall–Kier alpha value is -1.84. The lowest BCUT2D eigenvalue weighted by Crippen LogP contribution is -2.12. The molecular weight excluding hydrogens is 250 g/mol. The van der Waals surface area contributed by atoms with Crippen LogP contribution in [0.3, 0.4) is 0 Å². The van der Waals surface area contributed by atoms with Crippen LogP contribution in [-0.2, 0) is 19.7 Å². The van der Waals surface area contributed by atoms with E-state index < -0.39 is 0 Å². The standard InChI is InChI=1S/C17H21NO2/c1-2-20-17-9-7-15(8-10-17)12-18-11-14-3-5-16(13-19)6-4-14/h3-10,18-19H,2,11-13H2,1H3. The van der Waals surface area contributed by atoms with E-state index in [-0.39, 0.29) is 6.61 Å². The van der Waals surface area contributed by atoms with E-state index in [0.717, 1.165) is 24.4 Å². The maximum absolute atomic E-state index is 8.99. The van der Waals surface area contributed by atoms with Crippen molar-refractivity contribution in [3.63, 3.8) is 0 Å². The van der Waals surface area contributed by atoms with Crippen molar-refractivity contribution in [1.29, 1.82) is 0 Å². The second kappa shape index (κ2) is 7.68. The summed E-state index contributed by atoms with van der Waals surface area (Å²) in [4.78, 5) is 0. The highest BCUT2D eigenvalue weighted by Gasteiger charge is 1.97. The summed E-state index contributed by atoms with van der Waals surface area (Å²) in [7, 11) is 0. The van der Waals surface area contributed by atoms with Crippen LogP contribution < -0.4 is 10.1 Å². The van der Waals surface area contributed by atoms with E-state index in [1.54, 1.807) is 0 Å². The molecule has 0 saturated carbocycles. The molecule has 0 aliphatic carbocycles. The van der Waals surface area contributed by atoms with Crippen molar-refractivity contribution in [3.05, 3.63) is 65.2 Å². The van der Waals surface area contributed by atoms with Crippen molar-refractivity contribution >= 4 is 0 Å². The predicted molar refractivity (Wildman–Crippen MR) is 80.5 cm³/mol. The third-order valence-electron chi connectivity index (χ3n) is 3.10. The van der Waals surface area contributed by atoms with Crippen molar-refractivity contribution in [1.82, 2.24) is 5.32 Å². The van der Waals surface area contributed by atoms with E-state index in [2.05, 4.69) is 17.4 Å². The summed E-state index contributed by atoms with van der Waals surface area (Å²) in [5.41, 5.74) is 3.40. The fourth-order valence-corrected chi connectivity index (χ4v) is 1.98. The average molecular weight is 271 g/mol. The number of hydrogen-bond donors (Lipinski definition) is 2. The Morgan fingerprint density at radius 3 is 1.85 bits per heavy atom. The number of nitrogens with one attached hydrogen (secondary N) is 1. The number of aliphatic hydroxyl groups is 1. The van der Waals surface area contributed by atoms with Gasteiger partial charge in [-0.3, -0.25) is 0 Å². The van der Waals surface area contributed by atoms with Crippen LogP contribution in [0.2, 0.25) is 0 Å². The topological polar surface area (TPSA) is 41.5 Å². The molecule has 3 nitrogen and oxygen atoms in total. The molecule has 2 aromatic rings. The van der Waals surface area contributed by atoms with E-state index in [4.69, 9.17) is 9.84 Å². The van der Waals surface area contributed by atoms with Crippen LogP contribution in [0.25, 0.3) is 0 Å². The van der Waals surface area contributed by atoms with Gasteiger partial charge < -0.3 is 15.2 Å². The molecule has 2 rings (SSSR count). The summed E-state index contributed by atoms with van der Waals surface area (Å²) in [6.07, 6.45) is 0. The molecule has 20 heavy (non-hydrogen) atoms. The summed E-state index contributed by atoms with van der Waals surface area (Å²) < 4.78 is 5.42. The molecule has 0 aliphatic heterocycles. The van der Waals surface area contributed by atoms with Crippen LogP contribution in [-0.4, -0.2) is 11.7 Å². The van der Waals surface area contributed by atoms with E-state index in [1.165, 1.54) is 11.1 Å². The molecule has 0 fully saturated rings. The Morgan fingerprint density at radius 2 is 1.35 bits per heavy atom. The maximum atomic E-state index is 8.99. The van der Waals surface area contributed by atoms with Gasteiger partial charge in [0.15, 0.2) is 0 Å². The molecular formula is C17H21NO2. The summed E-state index contributed by atoms with van der Waals surface area (Å²) in [5.74, 6) is 0.913. The first kappa shape index (κ1) is 14.6.